The lowest BCUT2D eigenvalue weighted by atomic mass is 10.1. The summed E-state index contributed by atoms with van der Waals surface area (Å²) in [4.78, 5) is 15.6. The van der Waals surface area contributed by atoms with Gasteiger partial charge in [0.2, 0.25) is 5.91 Å². The SMILES string of the molecule is Cc1cccc(NC(=O)CSc2nnc([C@@H]([NH3+])Cc3c[nH]c4ccccc34)o2)c1C.[Cl-]. The molecule has 2 aromatic heterocycles. The molecule has 0 aliphatic heterocycles. The van der Waals surface area contributed by atoms with E-state index >= 15 is 0 Å². The molecule has 1 amide bonds. The first-order valence-electron chi connectivity index (χ1n) is 9.71. The predicted octanol–water partition coefficient (Wildman–Crippen LogP) is 0.428. The Morgan fingerprint density at radius 3 is 2.84 bits per heavy atom. The van der Waals surface area contributed by atoms with Crippen molar-refractivity contribution < 1.29 is 27.4 Å². The molecule has 0 fully saturated rings. The maximum atomic E-state index is 12.3. The van der Waals surface area contributed by atoms with Crippen molar-refractivity contribution in [1.29, 1.82) is 0 Å². The van der Waals surface area contributed by atoms with Gasteiger partial charge in [-0.1, -0.05) is 42.1 Å². The average molecular weight is 458 g/mol. The van der Waals surface area contributed by atoms with Crippen molar-refractivity contribution in [2.24, 2.45) is 0 Å². The number of halogens is 1. The van der Waals surface area contributed by atoms with Crippen molar-refractivity contribution in [3.63, 3.8) is 0 Å². The van der Waals surface area contributed by atoms with Gasteiger partial charge in [0.15, 0.2) is 6.04 Å². The van der Waals surface area contributed by atoms with Gasteiger partial charge in [-0.05, 0) is 42.7 Å². The zero-order valence-corrected chi connectivity index (χ0v) is 18.9. The van der Waals surface area contributed by atoms with Crippen molar-refractivity contribution in [3.8, 4) is 0 Å². The number of carbonyl (C=O) groups excluding carboxylic acids is 1. The molecule has 0 spiro atoms. The van der Waals surface area contributed by atoms with Crippen LogP contribution in [0.3, 0.4) is 0 Å². The molecule has 0 aliphatic carbocycles. The fraction of sp³-hybridized carbons (Fsp3) is 0.227. The van der Waals surface area contributed by atoms with Gasteiger partial charge in [0, 0.05) is 29.2 Å². The summed E-state index contributed by atoms with van der Waals surface area (Å²) in [5, 5.41) is 12.7. The molecule has 0 radical (unpaired) electrons. The number of para-hydroxylation sites is 1. The second kappa shape index (κ2) is 10.00. The third kappa shape index (κ3) is 5.28. The number of hydrogen-bond donors (Lipinski definition) is 3. The largest absolute Gasteiger partial charge is 1.00 e. The number of fused-ring (bicyclic) bond motifs is 1. The van der Waals surface area contributed by atoms with Crippen LogP contribution in [-0.2, 0) is 11.2 Å². The van der Waals surface area contributed by atoms with Crippen molar-refractivity contribution in [3.05, 3.63) is 71.2 Å². The van der Waals surface area contributed by atoms with Crippen LogP contribution in [0.1, 0.15) is 28.6 Å². The summed E-state index contributed by atoms with van der Waals surface area (Å²) < 4.78 is 5.74. The molecule has 4 rings (SSSR count). The molecule has 2 aromatic carbocycles. The van der Waals surface area contributed by atoms with Gasteiger partial charge in [0.05, 0.1) is 5.75 Å². The molecule has 4 aromatic rings. The Labute approximate surface area is 190 Å². The highest BCUT2D eigenvalue weighted by atomic mass is 35.5. The maximum Gasteiger partial charge on any atom is 0.277 e. The number of carbonyl (C=O) groups is 1. The molecular weight excluding hydrogens is 434 g/mol. The minimum Gasteiger partial charge on any atom is -1.00 e. The standard InChI is InChI=1S/C22H23N5O2S.ClH/c1-13-6-5-9-18(14(13)2)25-20(28)12-30-22-27-26-21(29-22)17(23)10-15-11-24-19-8-4-3-7-16(15)19;/h3-9,11,17,24H,10,12,23H2,1-2H3,(H,25,28);1H/t17-;/m0./s1. The summed E-state index contributed by atoms with van der Waals surface area (Å²) in [6.07, 6.45) is 2.68. The van der Waals surface area contributed by atoms with E-state index < -0.39 is 0 Å². The molecule has 162 valence electrons. The zero-order chi connectivity index (χ0) is 21.1. The Bertz CT molecular complexity index is 1190. The van der Waals surface area contributed by atoms with E-state index in [0.717, 1.165) is 27.9 Å². The van der Waals surface area contributed by atoms with Crippen LogP contribution in [0.15, 0.2) is 58.3 Å². The Morgan fingerprint density at radius 1 is 1.19 bits per heavy atom. The Balaban J connectivity index is 0.00000272. The van der Waals surface area contributed by atoms with E-state index in [0.29, 0.717) is 17.5 Å². The molecule has 1 atom stereocenters. The number of thioether (sulfide) groups is 1. The van der Waals surface area contributed by atoms with Crippen molar-refractivity contribution in [2.45, 2.75) is 31.5 Å². The fourth-order valence-corrected chi connectivity index (χ4v) is 3.87. The first kappa shape index (κ1) is 22.9. The van der Waals surface area contributed by atoms with Crippen LogP contribution in [0.25, 0.3) is 10.9 Å². The lowest BCUT2D eigenvalue weighted by Crippen LogP contribution is -3.00. The molecule has 31 heavy (non-hydrogen) atoms. The number of hydrogen-bond acceptors (Lipinski definition) is 5. The number of aromatic nitrogens is 3. The zero-order valence-electron chi connectivity index (χ0n) is 17.3. The van der Waals surface area contributed by atoms with Crippen LogP contribution in [0.4, 0.5) is 5.69 Å². The van der Waals surface area contributed by atoms with Crippen LogP contribution in [0, 0.1) is 13.8 Å². The summed E-state index contributed by atoms with van der Waals surface area (Å²) in [7, 11) is 0. The molecule has 0 bridgehead atoms. The molecule has 5 N–H and O–H groups in total. The van der Waals surface area contributed by atoms with Crippen LogP contribution < -0.4 is 23.5 Å². The van der Waals surface area contributed by atoms with Gasteiger partial charge in [0.1, 0.15) is 0 Å². The van der Waals surface area contributed by atoms with Crippen molar-refractivity contribution in [1.82, 2.24) is 15.2 Å². The number of amides is 1. The number of H-pyrrole nitrogens is 1. The minimum atomic E-state index is -0.171. The van der Waals surface area contributed by atoms with E-state index in [9.17, 15) is 4.79 Å². The second-order valence-electron chi connectivity index (χ2n) is 7.25. The van der Waals surface area contributed by atoms with E-state index in [1.165, 1.54) is 17.1 Å². The van der Waals surface area contributed by atoms with E-state index in [4.69, 9.17) is 4.42 Å². The fourth-order valence-electron chi connectivity index (χ4n) is 3.30. The number of aryl methyl sites for hydroxylation is 1. The van der Waals surface area contributed by atoms with Crippen LogP contribution in [0.2, 0.25) is 0 Å². The molecule has 0 saturated heterocycles. The number of quaternary nitrogens is 1. The van der Waals surface area contributed by atoms with Crippen LogP contribution >= 0.6 is 11.8 Å². The molecule has 0 unspecified atom stereocenters. The summed E-state index contributed by atoms with van der Waals surface area (Å²) in [6.45, 7) is 4.01. The number of aromatic amines is 1. The first-order chi connectivity index (χ1) is 14.5. The molecule has 9 heteroatoms. The third-order valence-electron chi connectivity index (χ3n) is 5.12. The average Bonchev–Trinajstić information content (AvgIpc) is 3.38. The van der Waals surface area contributed by atoms with Gasteiger partial charge in [-0.3, -0.25) is 4.79 Å². The van der Waals surface area contributed by atoms with E-state index in [1.807, 2.05) is 56.4 Å². The van der Waals surface area contributed by atoms with Gasteiger partial charge < -0.3 is 32.9 Å². The third-order valence-corrected chi connectivity index (χ3v) is 5.94. The highest BCUT2D eigenvalue weighted by Gasteiger charge is 2.20. The van der Waals surface area contributed by atoms with Crippen LogP contribution in [-0.4, -0.2) is 26.8 Å². The highest BCUT2D eigenvalue weighted by Crippen LogP contribution is 2.24. The number of nitrogens with zero attached hydrogens (tertiary/aromatic N) is 2. The Morgan fingerprint density at radius 2 is 2.00 bits per heavy atom. The number of anilines is 1. The molecule has 2 heterocycles. The van der Waals surface area contributed by atoms with Crippen molar-refractivity contribution >= 4 is 34.3 Å². The number of rotatable bonds is 7. The predicted molar refractivity (Wildman–Crippen MR) is 117 cm³/mol. The van der Waals surface area contributed by atoms with Gasteiger partial charge in [-0.15, -0.1) is 10.2 Å². The van der Waals surface area contributed by atoms with Crippen molar-refractivity contribution in [2.75, 3.05) is 11.1 Å². The van der Waals surface area contributed by atoms with E-state index in [-0.39, 0.29) is 30.1 Å². The molecule has 0 saturated carbocycles. The topological polar surface area (TPSA) is 111 Å². The molecule has 0 aliphatic rings. The maximum absolute atomic E-state index is 12.3. The summed E-state index contributed by atoms with van der Waals surface area (Å²) >= 11 is 1.22. The smallest absolute Gasteiger partial charge is 0.277 e. The minimum absolute atomic E-state index is 0. The number of nitrogens with one attached hydrogen (secondary N) is 2. The van der Waals surface area contributed by atoms with Crippen LogP contribution in [0.5, 0.6) is 0 Å². The Hall–Kier alpha value is -2.81. The Kier molecular flexibility index (Phi) is 7.37. The monoisotopic (exact) mass is 457 g/mol. The summed E-state index contributed by atoms with van der Waals surface area (Å²) in [5.41, 5.74) is 9.45. The quantitative estimate of drug-likeness (QED) is 0.348. The molecular formula is C22H24ClN5O2S. The van der Waals surface area contributed by atoms with Gasteiger partial charge >= 0.3 is 0 Å². The van der Waals surface area contributed by atoms with E-state index in [2.05, 4.69) is 32.3 Å². The molecule has 7 nitrogen and oxygen atoms in total. The van der Waals surface area contributed by atoms with E-state index in [1.54, 1.807) is 0 Å². The highest BCUT2D eigenvalue weighted by molar-refractivity contribution is 7.99. The second-order valence-corrected chi connectivity index (χ2v) is 8.18. The number of benzene rings is 2. The normalized spacial score (nSPS) is 11.8. The summed E-state index contributed by atoms with van der Waals surface area (Å²) in [5.74, 6) is 0.551. The lowest BCUT2D eigenvalue weighted by Gasteiger charge is -2.09. The first-order valence-corrected chi connectivity index (χ1v) is 10.7. The van der Waals surface area contributed by atoms with Gasteiger partial charge in [-0.2, -0.15) is 0 Å². The van der Waals surface area contributed by atoms with Gasteiger partial charge in [0.25, 0.3) is 11.1 Å². The summed E-state index contributed by atoms with van der Waals surface area (Å²) in [6, 6.07) is 13.8. The van der Waals surface area contributed by atoms with Gasteiger partial charge in [-0.25, -0.2) is 0 Å². The lowest BCUT2D eigenvalue weighted by molar-refractivity contribution is -0.431.